The molecule has 0 radical (unpaired) electrons. The number of halogens is 2. The van der Waals surface area contributed by atoms with E-state index in [1.807, 2.05) is 0 Å². The second-order valence-electron chi connectivity index (χ2n) is 6.66. The first-order chi connectivity index (χ1) is 13.7. The summed E-state index contributed by atoms with van der Waals surface area (Å²) in [5.74, 6) is -0.849. The van der Waals surface area contributed by atoms with Crippen molar-refractivity contribution in [2.24, 2.45) is 0 Å². The molecule has 1 heterocycles. The molecule has 3 rings (SSSR count). The number of hydrogen-bond donors (Lipinski definition) is 1. The molecule has 29 heavy (non-hydrogen) atoms. The van der Waals surface area contributed by atoms with Crippen molar-refractivity contribution in [3.63, 3.8) is 0 Å². The molecule has 9 heteroatoms. The molecule has 1 aliphatic rings. The van der Waals surface area contributed by atoms with Crippen molar-refractivity contribution in [1.82, 2.24) is 0 Å². The van der Waals surface area contributed by atoms with Crippen LogP contribution in [0.3, 0.4) is 0 Å². The van der Waals surface area contributed by atoms with E-state index in [1.54, 1.807) is 42.2 Å². The van der Waals surface area contributed by atoms with E-state index < -0.39 is 15.7 Å². The number of benzene rings is 2. The number of fused-ring (bicyclic) bond motifs is 1. The molecular weight excluding hydrogens is 480 g/mol. The van der Waals surface area contributed by atoms with Gasteiger partial charge in [-0.1, -0.05) is 30.7 Å². The topological polar surface area (TPSA) is 83.6 Å². The van der Waals surface area contributed by atoms with Crippen LogP contribution >= 0.6 is 27.5 Å². The highest BCUT2D eigenvalue weighted by Gasteiger charge is 2.28. The molecule has 2 aromatic carbocycles. The Bertz CT molecular complexity index is 1070. The monoisotopic (exact) mass is 498 g/mol. The van der Waals surface area contributed by atoms with E-state index in [1.165, 1.54) is 6.07 Å². The van der Waals surface area contributed by atoms with E-state index in [9.17, 15) is 18.0 Å². The van der Waals surface area contributed by atoms with Crippen LogP contribution in [0.5, 0.6) is 0 Å². The smallest absolute Gasteiger partial charge is 0.226 e. The van der Waals surface area contributed by atoms with Crippen molar-refractivity contribution in [2.75, 3.05) is 22.5 Å². The summed E-state index contributed by atoms with van der Waals surface area (Å²) < 4.78 is 26.2. The first-order valence-corrected chi connectivity index (χ1v) is 11.9. The minimum absolute atomic E-state index is 0.0477. The number of rotatable bonds is 6. The zero-order chi connectivity index (χ0) is 21.2. The average molecular weight is 500 g/mol. The number of hydrogen-bond acceptors (Lipinski definition) is 4. The molecule has 2 amide bonds. The van der Waals surface area contributed by atoms with Crippen molar-refractivity contribution in [3.05, 3.63) is 51.5 Å². The molecule has 0 fully saturated rings. The van der Waals surface area contributed by atoms with Gasteiger partial charge in [0.2, 0.25) is 11.8 Å². The second-order valence-corrected chi connectivity index (χ2v) is 10.00. The van der Waals surface area contributed by atoms with Crippen LogP contribution in [0.1, 0.15) is 25.3 Å². The Morgan fingerprint density at radius 3 is 2.66 bits per heavy atom. The summed E-state index contributed by atoms with van der Waals surface area (Å²) in [4.78, 5) is 26.0. The Balaban J connectivity index is 1.77. The van der Waals surface area contributed by atoms with Crippen LogP contribution in [-0.4, -0.2) is 32.5 Å². The maximum absolute atomic E-state index is 12.9. The molecule has 0 saturated carbocycles. The Kier molecular flexibility index (Phi) is 6.65. The van der Waals surface area contributed by atoms with Gasteiger partial charge in [0.15, 0.2) is 9.84 Å². The summed E-state index contributed by atoms with van der Waals surface area (Å²) in [6, 6.07) is 10.0. The summed E-state index contributed by atoms with van der Waals surface area (Å²) in [7, 11) is -3.74. The largest absolute Gasteiger partial charge is 0.325 e. The molecular formula is C20H20BrClN2O4S. The van der Waals surface area contributed by atoms with E-state index in [-0.39, 0.29) is 23.0 Å². The fourth-order valence-corrected chi connectivity index (χ4v) is 5.82. The van der Waals surface area contributed by atoms with Crippen molar-refractivity contribution in [1.29, 1.82) is 0 Å². The van der Waals surface area contributed by atoms with Gasteiger partial charge in [-0.25, -0.2) is 8.42 Å². The summed E-state index contributed by atoms with van der Waals surface area (Å²) in [5.41, 5.74) is 1.98. The lowest BCUT2D eigenvalue weighted by molar-refractivity contribution is -0.118. The number of nitrogens with one attached hydrogen (secondary N) is 1. The predicted molar refractivity (Wildman–Crippen MR) is 117 cm³/mol. The molecule has 1 aliphatic heterocycles. The fourth-order valence-electron chi connectivity index (χ4n) is 3.19. The Morgan fingerprint density at radius 2 is 1.97 bits per heavy atom. The third-order valence-corrected chi connectivity index (χ3v) is 7.71. The Morgan fingerprint density at radius 1 is 1.24 bits per heavy atom. The molecule has 154 valence electrons. The average Bonchev–Trinajstić information content (AvgIpc) is 3.09. The zero-order valence-electron chi connectivity index (χ0n) is 15.7. The Hall–Kier alpha value is -1.90. The van der Waals surface area contributed by atoms with Crippen LogP contribution in [0.2, 0.25) is 5.02 Å². The standard InChI is InChI=1S/C20H20BrClN2O4S/c1-2-20(26)24-9-7-13-11-14(21)18(12-17(13)24)29(27,28)10-8-19(25)23-16-6-4-3-5-15(16)22/h3-6,11-12H,2,7-10H2,1H3,(H,23,25). The van der Waals surface area contributed by atoms with E-state index >= 15 is 0 Å². The minimum Gasteiger partial charge on any atom is -0.325 e. The van der Waals surface area contributed by atoms with Crippen LogP contribution in [0.25, 0.3) is 0 Å². The third kappa shape index (κ3) is 4.82. The molecule has 6 nitrogen and oxygen atoms in total. The van der Waals surface area contributed by atoms with Crippen LogP contribution in [-0.2, 0) is 25.8 Å². The van der Waals surface area contributed by atoms with Gasteiger partial charge in [-0.3, -0.25) is 9.59 Å². The summed E-state index contributed by atoms with van der Waals surface area (Å²) in [6.07, 6.45) is 0.814. The normalized spacial score (nSPS) is 13.3. The first-order valence-electron chi connectivity index (χ1n) is 9.13. The van der Waals surface area contributed by atoms with Crippen LogP contribution in [0.4, 0.5) is 11.4 Å². The summed E-state index contributed by atoms with van der Waals surface area (Å²) in [5, 5.41) is 3.00. The van der Waals surface area contributed by atoms with Gasteiger partial charge < -0.3 is 10.2 Å². The molecule has 0 aromatic heterocycles. The van der Waals surface area contributed by atoms with E-state index in [2.05, 4.69) is 21.2 Å². The zero-order valence-corrected chi connectivity index (χ0v) is 18.9. The van der Waals surface area contributed by atoms with Crippen molar-refractivity contribution < 1.29 is 18.0 Å². The molecule has 0 aliphatic carbocycles. The van der Waals surface area contributed by atoms with E-state index in [0.29, 0.717) is 40.3 Å². The predicted octanol–water partition coefficient (Wildman–Crippen LogP) is 4.20. The molecule has 0 bridgehead atoms. The van der Waals surface area contributed by atoms with Gasteiger partial charge in [0, 0.05) is 29.5 Å². The Labute approximate surface area is 183 Å². The fraction of sp³-hybridized carbons (Fsp3) is 0.300. The third-order valence-electron chi connectivity index (χ3n) is 4.71. The van der Waals surface area contributed by atoms with Crippen LogP contribution in [0.15, 0.2) is 45.8 Å². The number of carbonyl (C=O) groups is 2. The molecule has 0 spiro atoms. The molecule has 0 atom stereocenters. The maximum atomic E-state index is 12.9. The van der Waals surface area contributed by atoms with Crippen molar-refractivity contribution >= 4 is 60.6 Å². The van der Waals surface area contributed by atoms with Gasteiger partial charge in [0.25, 0.3) is 0 Å². The highest BCUT2D eigenvalue weighted by atomic mass is 79.9. The van der Waals surface area contributed by atoms with Crippen LogP contribution in [0, 0.1) is 0 Å². The number of sulfone groups is 1. The van der Waals surface area contributed by atoms with Gasteiger partial charge in [-0.2, -0.15) is 0 Å². The summed E-state index contributed by atoms with van der Waals surface area (Å²) in [6.45, 7) is 2.31. The van der Waals surface area contributed by atoms with Crippen molar-refractivity contribution in [2.45, 2.75) is 31.1 Å². The number of carbonyl (C=O) groups excluding carboxylic acids is 2. The van der Waals surface area contributed by atoms with Gasteiger partial charge in [-0.05, 0) is 52.2 Å². The van der Waals surface area contributed by atoms with Gasteiger partial charge in [-0.15, -0.1) is 0 Å². The highest BCUT2D eigenvalue weighted by molar-refractivity contribution is 9.10. The van der Waals surface area contributed by atoms with Crippen LogP contribution < -0.4 is 10.2 Å². The SMILES string of the molecule is CCC(=O)N1CCc2cc(Br)c(S(=O)(=O)CCC(=O)Nc3ccccc3Cl)cc21. The second kappa shape index (κ2) is 8.85. The van der Waals surface area contributed by atoms with Crippen molar-refractivity contribution in [3.8, 4) is 0 Å². The van der Waals surface area contributed by atoms with E-state index in [0.717, 1.165) is 5.56 Å². The lowest BCUT2D eigenvalue weighted by atomic mass is 10.2. The van der Waals surface area contributed by atoms with Gasteiger partial charge >= 0.3 is 0 Å². The number of nitrogens with zero attached hydrogens (tertiary/aromatic N) is 1. The number of para-hydroxylation sites is 1. The quantitative estimate of drug-likeness (QED) is 0.645. The maximum Gasteiger partial charge on any atom is 0.226 e. The molecule has 1 N–H and O–H groups in total. The molecule has 2 aromatic rings. The van der Waals surface area contributed by atoms with E-state index in [4.69, 9.17) is 11.6 Å². The summed E-state index contributed by atoms with van der Waals surface area (Å²) >= 11 is 9.34. The number of amides is 2. The van der Waals surface area contributed by atoms with Gasteiger partial charge in [0.1, 0.15) is 0 Å². The van der Waals surface area contributed by atoms with Gasteiger partial charge in [0.05, 0.1) is 21.4 Å². The molecule has 0 unspecified atom stereocenters. The highest BCUT2D eigenvalue weighted by Crippen LogP contribution is 2.36. The first kappa shape index (κ1) is 21.8. The minimum atomic E-state index is -3.74. The molecule has 0 saturated heterocycles. The number of anilines is 2. The lowest BCUT2D eigenvalue weighted by Gasteiger charge is -2.18. The lowest BCUT2D eigenvalue weighted by Crippen LogP contribution is -2.28.